The SMILES string of the molecule is CC(C)(C)O[Si](C)(CCCOCC(O)CN(CCO)CCO)O[Si](C)(CCCOCCO)C[Si](C)(C)C. The van der Waals surface area contributed by atoms with E-state index >= 15 is 0 Å². The Morgan fingerprint density at radius 2 is 1.35 bits per heavy atom. The predicted molar refractivity (Wildman–Crippen MR) is 158 cm³/mol. The molecule has 0 aromatic rings. The van der Waals surface area contributed by atoms with Crippen molar-refractivity contribution in [3.05, 3.63) is 0 Å². The monoisotopic (exact) mass is 585 g/mol. The zero-order valence-electron chi connectivity index (χ0n) is 25.1. The van der Waals surface area contributed by atoms with Crippen molar-refractivity contribution < 1.29 is 38.4 Å². The Kier molecular flexibility index (Phi) is 18.7. The van der Waals surface area contributed by atoms with Gasteiger partial charge >= 0.3 is 8.56 Å². The Morgan fingerprint density at radius 1 is 0.784 bits per heavy atom. The maximum atomic E-state index is 10.3. The van der Waals surface area contributed by atoms with Crippen molar-refractivity contribution in [2.75, 3.05) is 65.9 Å². The van der Waals surface area contributed by atoms with Gasteiger partial charge in [0.15, 0.2) is 8.32 Å². The Labute approximate surface area is 229 Å². The van der Waals surface area contributed by atoms with Crippen LogP contribution in [0, 0.1) is 0 Å². The lowest BCUT2D eigenvalue weighted by Gasteiger charge is -2.43. The molecule has 0 aliphatic heterocycles. The van der Waals surface area contributed by atoms with Crippen molar-refractivity contribution >= 4 is 25.0 Å². The average molecular weight is 586 g/mol. The summed E-state index contributed by atoms with van der Waals surface area (Å²) in [5.41, 5.74) is 0.858. The van der Waals surface area contributed by atoms with Crippen LogP contribution in [-0.2, 0) is 18.0 Å². The Morgan fingerprint density at radius 3 is 1.86 bits per heavy atom. The number of rotatable bonds is 23. The lowest BCUT2D eigenvalue weighted by Crippen LogP contribution is -2.55. The van der Waals surface area contributed by atoms with Gasteiger partial charge in [0, 0.05) is 40.9 Å². The largest absolute Gasteiger partial charge is 0.436 e. The summed E-state index contributed by atoms with van der Waals surface area (Å²) in [6, 6.07) is 1.83. The zero-order valence-corrected chi connectivity index (χ0v) is 28.1. The minimum Gasteiger partial charge on any atom is -0.436 e. The topological polar surface area (TPSA) is 121 Å². The van der Waals surface area contributed by atoms with Crippen molar-refractivity contribution in [1.29, 1.82) is 0 Å². The van der Waals surface area contributed by atoms with Crippen LogP contribution in [0.4, 0.5) is 0 Å². The smallest absolute Gasteiger partial charge is 0.325 e. The molecule has 0 saturated carbocycles. The summed E-state index contributed by atoms with van der Waals surface area (Å²) < 4.78 is 25.1. The molecule has 4 N–H and O–H groups in total. The first-order valence-corrected chi connectivity index (χ1v) is 22.9. The van der Waals surface area contributed by atoms with Crippen molar-refractivity contribution in [1.82, 2.24) is 4.90 Å². The molecule has 3 atom stereocenters. The van der Waals surface area contributed by atoms with Crippen molar-refractivity contribution in [3.63, 3.8) is 0 Å². The molecule has 0 aromatic carbocycles. The number of nitrogens with zero attached hydrogens (tertiary/aromatic N) is 1. The molecule has 37 heavy (non-hydrogen) atoms. The molecule has 0 bridgehead atoms. The summed E-state index contributed by atoms with van der Waals surface area (Å²) in [7, 11) is -5.97. The highest BCUT2D eigenvalue weighted by Gasteiger charge is 2.45. The standard InChI is InChI=1S/C25H59NO8Si3/c1-25(2,3)33-37(8,20-10-17-32-22-24(30)21-26(11-13-27)12-14-28)34-36(7,23-35(4,5)6)19-9-16-31-18-15-29/h24,27-30H,9-23H2,1-8H3. The van der Waals surface area contributed by atoms with Crippen LogP contribution in [-0.4, -0.2) is 128 Å². The van der Waals surface area contributed by atoms with Gasteiger partial charge in [-0.1, -0.05) is 19.6 Å². The van der Waals surface area contributed by atoms with E-state index in [1.54, 1.807) is 0 Å². The molecule has 0 spiro atoms. The van der Waals surface area contributed by atoms with E-state index < -0.39 is 31.1 Å². The fourth-order valence-corrected chi connectivity index (χ4v) is 23.8. The molecule has 0 aromatic heterocycles. The quantitative estimate of drug-likeness (QED) is 0.106. The molecule has 0 fully saturated rings. The van der Waals surface area contributed by atoms with Gasteiger partial charge < -0.3 is 38.4 Å². The lowest BCUT2D eigenvalue weighted by atomic mass is 10.2. The minimum absolute atomic E-state index is 0.0137. The maximum absolute atomic E-state index is 10.3. The molecule has 0 aliphatic carbocycles. The zero-order chi connectivity index (χ0) is 28.6. The normalized spacial score (nSPS) is 17.1. The third-order valence-electron chi connectivity index (χ3n) is 5.65. The highest BCUT2D eigenvalue weighted by Crippen LogP contribution is 2.33. The average Bonchev–Trinajstić information content (AvgIpc) is 2.70. The third-order valence-corrected chi connectivity index (χ3v) is 20.3. The second kappa shape index (κ2) is 18.6. The van der Waals surface area contributed by atoms with E-state index in [0.717, 1.165) is 30.6 Å². The molecule has 0 rings (SSSR count). The Hall–Kier alpha value is 0.291. The second-order valence-corrected chi connectivity index (χ2v) is 26.4. The molecular formula is C25H59NO8Si3. The summed E-state index contributed by atoms with van der Waals surface area (Å²) in [5.74, 6) is 0. The number of hydrogen-bond acceptors (Lipinski definition) is 9. The molecule has 0 amide bonds. The first-order valence-electron chi connectivity index (χ1n) is 13.9. The molecule has 3 unspecified atom stereocenters. The summed E-state index contributed by atoms with van der Waals surface area (Å²) in [6.07, 6.45) is 1.04. The van der Waals surface area contributed by atoms with Gasteiger partial charge in [0.1, 0.15) is 0 Å². The van der Waals surface area contributed by atoms with Crippen molar-refractivity contribution in [2.45, 2.75) is 95.8 Å². The van der Waals surface area contributed by atoms with Gasteiger partial charge in [0.25, 0.3) is 0 Å². The van der Waals surface area contributed by atoms with Crippen molar-refractivity contribution in [3.8, 4) is 0 Å². The summed E-state index contributed by atoms with van der Waals surface area (Å²) >= 11 is 0. The number of aliphatic hydroxyl groups excluding tert-OH is 4. The van der Waals surface area contributed by atoms with Gasteiger partial charge in [-0.25, -0.2) is 0 Å². The molecular weight excluding hydrogens is 527 g/mol. The van der Waals surface area contributed by atoms with E-state index in [0.29, 0.717) is 39.5 Å². The number of hydrogen-bond donors (Lipinski definition) is 4. The van der Waals surface area contributed by atoms with E-state index in [4.69, 9.17) is 33.3 Å². The third kappa shape index (κ3) is 20.8. The van der Waals surface area contributed by atoms with Crippen molar-refractivity contribution in [2.24, 2.45) is 0 Å². The molecule has 9 nitrogen and oxygen atoms in total. The van der Waals surface area contributed by atoms with E-state index in [1.807, 2.05) is 4.90 Å². The molecule has 0 aliphatic rings. The van der Waals surface area contributed by atoms with Crippen LogP contribution in [0.15, 0.2) is 0 Å². The van der Waals surface area contributed by atoms with Crippen LogP contribution in [0.3, 0.4) is 0 Å². The number of ether oxygens (including phenoxy) is 2. The summed E-state index contributed by atoms with van der Waals surface area (Å²) in [5, 5.41) is 37.6. The van der Waals surface area contributed by atoms with Gasteiger partial charge in [-0.3, -0.25) is 4.90 Å². The van der Waals surface area contributed by atoms with E-state index in [1.165, 1.54) is 0 Å². The fraction of sp³-hybridized carbons (Fsp3) is 1.00. The van der Waals surface area contributed by atoms with Crippen LogP contribution in [0.25, 0.3) is 0 Å². The highest BCUT2D eigenvalue weighted by atomic mass is 28.5. The van der Waals surface area contributed by atoms with E-state index in [-0.39, 0.29) is 32.0 Å². The molecule has 224 valence electrons. The highest BCUT2D eigenvalue weighted by molar-refractivity contribution is 6.95. The fourth-order valence-electron chi connectivity index (χ4n) is 4.95. The minimum atomic E-state index is -2.52. The molecule has 0 saturated heterocycles. The van der Waals surface area contributed by atoms with Gasteiger partial charge in [-0.15, -0.1) is 0 Å². The van der Waals surface area contributed by atoms with Crippen LogP contribution in [0.1, 0.15) is 33.6 Å². The van der Waals surface area contributed by atoms with E-state index in [9.17, 15) is 5.11 Å². The summed E-state index contributed by atoms with van der Waals surface area (Å²) in [4.78, 5) is 1.82. The Bertz CT molecular complexity index is 573. The van der Waals surface area contributed by atoms with Gasteiger partial charge in [-0.05, 0) is 64.5 Å². The van der Waals surface area contributed by atoms with Crippen LogP contribution in [0.5, 0.6) is 0 Å². The molecule has 0 radical (unpaired) electrons. The Balaban J connectivity index is 5.09. The number of aliphatic hydroxyl groups is 4. The van der Waals surface area contributed by atoms with Crippen LogP contribution >= 0.6 is 0 Å². The summed E-state index contributed by atoms with van der Waals surface area (Å²) in [6.45, 7) is 20.9. The molecule has 0 heterocycles. The van der Waals surface area contributed by atoms with Gasteiger partial charge in [0.05, 0.1) is 44.7 Å². The first-order chi connectivity index (χ1) is 17.1. The second-order valence-electron chi connectivity index (χ2n) is 12.7. The van der Waals surface area contributed by atoms with E-state index in [2.05, 4.69) is 53.5 Å². The van der Waals surface area contributed by atoms with Gasteiger partial charge in [-0.2, -0.15) is 0 Å². The lowest BCUT2D eigenvalue weighted by molar-refractivity contribution is 0.0108. The maximum Gasteiger partial charge on any atom is 0.325 e. The van der Waals surface area contributed by atoms with Crippen LogP contribution in [0.2, 0.25) is 50.5 Å². The van der Waals surface area contributed by atoms with Crippen LogP contribution < -0.4 is 0 Å². The first kappa shape index (κ1) is 37.3. The molecule has 12 heteroatoms. The predicted octanol–water partition coefficient (Wildman–Crippen LogP) is 2.80. The van der Waals surface area contributed by atoms with Gasteiger partial charge in [0.2, 0.25) is 0 Å².